The van der Waals surface area contributed by atoms with Crippen LogP contribution < -0.4 is 4.74 Å². The Balaban J connectivity index is 1.94. The van der Waals surface area contributed by atoms with E-state index in [9.17, 15) is 0 Å². The van der Waals surface area contributed by atoms with Gasteiger partial charge in [-0.2, -0.15) is 5.10 Å². The molecular formula is C12H15N3OS. The summed E-state index contributed by atoms with van der Waals surface area (Å²) < 4.78 is 8.25. The first kappa shape index (κ1) is 11.9. The number of ether oxygens (including phenoxy) is 1. The summed E-state index contributed by atoms with van der Waals surface area (Å²) in [5.41, 5.74) is 0. The summed E-state index contributed by atoms with van der Waals surface area (Å²) in [5, 5.41) is 6.95. The molecule has 0 radical (unpaired) electrons. The molecule has 2 aromatic rings. The highest BCUT2D eigenvalue weighted by atomic mass is 32.1. The van der Waals surface area contributed by atoms with E-state index in [-0.39, 0.29) is 0 Å². The van der Waals surface area contributed by atoms with E-state index in [0.717, 1.165) is 18.0 Å². The van der Waals surface area contributed by atoms with Gasteiger partial charge in [-0.1, -0.05) is 25.1 Å². The average molecular weight is 249 g/mol. The molecule has 0 bridgehead atoms. The molecule has 5 heteroatoms. The zero-order chi connectivity index (χ0) is 12.1. The quantitative estimate of drug-likeness (QED) is 0.828. The van der Waals surface area contributed by atoms with E-state index in [1.54, 1.807) is 0 Å². The number of hydrogen-bond acceptors (Lipinski definition) is 3. The van der Waals surface area contributed by atoms with Crippen LogP contribution in [0.15, 0.2) is 30.3 Å². The summed E-state index contributed by atoms with van der Waals surface area (Å²) in [6, 6.07) is 9.76. The summed E-state index contributed by atoms with van der Waals surface area (Å²) in [5.74, 6) is 1.84. The van der Waals surface area contributed by atoms with Crippen LogP contribution in [0.4, 0.5) is 0 Å². The van der Waals surface area contributed by atoms with Crippen molar-refractivity contribution < 1.29 is 4.74 Å². The van der Waals surface area contributed by atoms with Gasteiger partial charge in [-0.25, -0.2) is 0 Å². The van der Waals surface area contributed by atoms with Crippen LogP contribution in [0.3, 0.4) is 0 Å². The highest BCUT2D eigenvalue weighted by molar-refractivity contribution is 7.71. The monoisotopic (exact) mass is 249 g/mol. The van der Waals surface area contributed by atoms with Crippen molar-refractivity contribution >= 4 is 12.2 Å². The molecule has 90 valence electrons. The summed E-state index contributed by atoms with van der Waals surface area (Å²) in [7, 11) is 0. The molecule has 1 N–H and O–H groups in total. The standard InChI is InChI=1S/C12H15N3OS/c1-2-11-13-14-12(17)15(11)8-9-16-10-6-4-3-5-7-10/h3-7H,2,8-9H2,1H3,(H,14,17). The number of aromatic amines is 1. The smallest absolute Gasteiger partial charge is 0.195 e. The van der Waals surface area contributed by atoms with E-state index in [1.807, 2.05) is 34.9 Å². The van der Waals surface area contributed by atoms with Gasteiger partial charge >= 0.3 is 0 Å². The van der Waals surface area contributed by atoms with E-state index in [2.05, 4.69) is 17.1 Å². The lowest BCUT2D eigenvalue weighted by molar-refractivity contribution is 0.295. The van der Waals surface area contributed by atoms with E-state index < -0.39 is 0 Å². The van der Waals surface area contributed by atoms with Crippen LogP contribution in [0, 0.1) is 4.77 Å². The minimum atomic E-state index is 0.588. The first-order chi connectivity index (χ1) is 8.31. The molecule has 0 amide bonds. The SMILES string of the molecule is CCc1n[nH]c(=S)n1CCOc1ccccc1. The average Bonchev–Trinajstić information content (AvgIpc) is 2.72. The third-order valence-electron chi connectivity index (χ3n) is 2.48. The van der Waals surface area contributed by atoms with Gasteiger partial charge in [0.1, 0.15) is 18.2 Å². The van der Waals surface area contributed by atoms with Gasteiger partial charge in [0.2, 0.25) is 0 Å². The van der Waals surface area contributed by atoms with Gasteiger partial charge in [-0.15, -0.1) is 0 Å². The maximum atomic E-state index is 5.63. The Morgan fingerprint density at radius 2 is 2.12 bits per heavy atom. The third-order valence-corrected chi connectivity index (χ3v) is 2.79. The Hall–Kier alpha value is -1.62. The second-order valence-electron chi connectivity index (χ2n) is 3.61. The molecule has 0 aliphatic heterocycles. The number of para-hydroxylation sites is 1. The van der Waals surface area contributed by atoms with Crippen LogP contribution in [0.1, 0.15) is 12.7 Å². The first-order valence-electron chi connectivity index (χ1n) is 5.63. The molecule has 1 heterocycles. The van der Waals surface area contributed by atoms with Gasteiger partial charge in [-0.3, -0.25) is 5.10 Å². The Labute approximate surface area is 105 Å². The summed E-state index contributed by atoms with van der Waals surface area (Å²) in [6.07, 6.45) is 0.860. The number of nitrogens with one attached hydrogen (secondary N) is 1. The minimum absolute atomic E-state index is 0.588. The fraction of sp³-hybridized carbons (Fsp3) is 0.333. The van der Waals surface area contributed by atoms with E-state index in [4.69, 9.17) is 17.0 Å². The molecule has 17 heavy (non-hydrogen) atoms. The summed E-state index contributed by atoms with van der Waals surface area (Å²) in [6.45, 7) is 3.36. The summed E-state index contributed by atoms with van der Waals surface area (Å²) in [4.78, 5) is 0. The molecule has 0 atom stereocenters. The topological polar surface area (TPSA) is 42.8 Å². The second kappa shape index (κ2) is 5.63. The molecule has 0 fully saturated rings. The molecule has 1 aromatic carbocycles. The highest BCUT2D eigenvalue weighted by Crippen LogP contribution is 2.08. The molecule has 1 aromatic heterocycles. The number of benzene rings is 1. The molecule has 2 rings (SSSR count). The van der Waals surface area contributed by atoms with E-state index in [0.29, 0.717) is 17.9 Å². The number of hydrogen-bond donors (Lipinski definition) is 1. The number of aryl methyl sites for hydroxylation is 1. The van der Waals surface area contributed by atoms with Crippen LogP contribution in [0.2, 0.25) is 0 Å². The van der Waals surface area contributed by atoms with Crippen LogP contribution in [-0.2, 0) is 13.0 Å². The van der Waals surface area contributed by atoms with Crippen molar-refractivity contribution in [1.29, 1.82) is 0 Å². The number of H-pyrrole nitrogens is 1. The highest BCUT2D eigenvalue weighted by Gasteiger charge is 2.03. The van der Waals surface area contributed by atoms with Crippen molar-refractivity contribution in [3.63, 3.8) is 0 Å². The molecule has 0 aliphatic rings. The predicted molar refractivity (Wildman–Crippen MR) is 68.7 cm³/mol. The zero-order valence-corrected chi connectivity index (χ0v) is 10.5. The fourth-order valence-electron chi connectivity index (χ4n) is 1.62. The van der Waals surface area contributed by atoms with Crippen molar-refractivity contribution in [2.24, 2.45) is 0 Å². The molecule has 0 saturated carbocycles. The van der Waals surface area contributed by atoms with Gasteiger partial charge in [0.05, 0.1) is 6.54 Å². The van der Waals surface area contributed by atoms with E-state index in [1.165, 1.54) is 0 Å². The van der Waals surface area contributed by atoms with Crippen molar-refractivity contribution in [1.82, 2.24) is 14.8 Å². The van der Waals surface area contributed by atoms with Gasteiger partial charge in [0, 0.05) is 6.42 Å². The second-order valence-corrected chi connectivity index (χ2v) is 4.00. The summed E-state index contributed by atoms with van der Waals surface area (Å²) >= 11 is 5.16. The molecule has 0 saturated heterocycles. The molecule has 0 unspecified atom stereocenters. The van der Waals surface area contributed by atoms with Gasteiger partial charge in [0.25, 0.3) is 0 Å². The maximum absolute atomic E-state index is 5.63. The Bertz CT molecular complexity index is 518. The van der Waals surface area contributed by atoms with Crippen molar-refractivity contribution in [2.75, 3.05) is 6.61 Å². The first-order valence-corrected chi connectivity index (χ1v) is 6.04. The molecular weight excluding hydrogens is 234 g/mol. The van der Waals surface area contributed by atoms with Crippen molar-refractivity contribution in [3.05, 3.63) is 40.9 Å². The van der Waals surface area contributed by atoms with Crippen molar-refractivity contribution in [2.45, 2.75) is 19.9 Å². The molecule has 0 spiro atoms. The maximum Gasteiger partial charge on any atom is 0.195 e. The normalized spacial score (nSPS) is 10.4. The third kappa shape index (κ3) is 2.94. The van der Waals surface area contributed by atoms with Gasteiger partial charge < -0.3 is 9.30 Å². The zero-order valence-electron chi connectivity index (χ0n) is 9.72. The van der Waals surface area contributed by atoms with Gasteiger partial charge in [-0.05, 0) is 24.4 Å². The predicted octanol–water partition coefficient (Wildman–Crippen LogP) is 2.58. The van der Waals surface area contributed by atoms with Crippen LogP contribution in [0.5, 0.6) is 5.75 Å². The van der Waals surface area contributed by atoms with Crippen molar-refractivity contribution in [3.8, 4) is 5.75 Å². The van der Waals surface area contributed by atoms with Gasteiger partial charge in [0.15, 0.2) is 4.77 Å². The van der Waals surface area contributed by atoms with Crippen LogP contribution in [-0.4, -0.2) is 21.4 Å². The number of rotatable bonds is 5. The Morgan fingerprint density at radius 3 is 2.82 bits per heavy atom. The Morgan fingerprint density at radius 1 is 1.35 bits per heavy atom. The lowest BCUT2D eigenvalue weighted by atomic mass is 10.3. The number of nitrogens with zero attached hydrogens (tertiary/aromatic N) is 2. The van der Waals surface area contributed by atoms with E-state index >= 15 is 0 Å². The fourth-order valence-corrected chi connectivity index (χ4v) is 1.86. The largest absolute Gasteiger partial charge is 0.492 e. The molecule has 4 nitrogen and oxygen atoms in total. The van der Waals surface area contributed by atoms with Crippen LogP contribution >= 0.6 is 12.2 Å². The van der Waals surface area contributed by atoms with Crippen LogP contribution in [0.25, 0.3) is 0 Å². The lowest BCUT2D eigenvalue weighted by Crippen LogP contribution is -2.11. The molecule has 0 aliphatic carbocycles. The lowest BCUT2D eigenvalue weighted by Gasteiger charge is -2.07. The minimum Gasteiger partial charge on any atom is -0.492 e. The number of aromatic nitrogens is 3. The Kier molecular flexibility index (Phi) is 3.93.